The van der Waals surface area contributed by atoms with Gasteiger partial charge in [-0.1, -0.05) is 6.07 Å². The summed E-state index contributed by atoms with van der Waals surface area (Å²) in [4.78, 5) is 28.4. The summed E-state index contributed by atoms with van der Waals surface area (Å²) >= 11 is 0. The lowest BCUT2D eigenvalue weighted by molar-refractivity contribution is -0.139. The quantitative estimate of drug-likeness (QED) is 0.738. The number of ether oxygens (including phenoxy) is 4. The van der Waals surface area contributed by atoms with Gasteiger partial charge in [0.05, 0.1) is 50.4 Å². The minimum absolute atomic E-state index is 0.00459. The molecule has 8 nitrogen and oxygen atoms in total. The summed E-state index contributed by atoms with van der Waals surface area (Å²) in [5.74, 6) is 0.941. The number of nitrogens with one attached hydrogen (secondary N) is 1. The van der Waals surface area contributed by atoms with Crippen LogP contribution in [0.1, 0.15) is 25.3 Å². The molecule has 0 aromatic heterocycles. The first-order valence-electron chi connectivity index (χ1n) is 10.7. The van der Waals surface area contributed by atoms with Crippen molar-refractivity contribution >= 4 is 17.6 Å². The van der Waals surface area contributed by atoms with Gasteiger partial charge in [0, 0.05) is 24.4 Å². The highest BCUT2D eigenvalue weighted by Gasteiger charge is 2.61. The number of rotatable bonds is 3. The number of benzene rings is 1. The molecule has 2 saturated heterocycles. The van der Waals surface area contributed by atoms with E-state index >= 15 is 0 Å². The molecule has 166 valence electrons. The van der Waals surface area contributed by atoms with E-state index in [4.69, 9.17) is 18.9 Å². The largest absolute Gasteiger partial charge is 0.497 e. The number of nitrogens with zero attached hydrogens (tertiary/aromatic N) is 1. The maximum Gasteiger partial charge on any atom is 0.337 e. The van der Waals surface area contributed by atoms with E-state index < -0.39 is 5.41 Å². The van der Waals surface area contributed by atoms with Crippen molar-refractivity contribution in [3.8, 4) is 11.5 Å². The molecule has 0 bridgehead atoms. The molecule has 4 aliphatic heterocycles. The molecule has 1 aromatic rings. The maximum absolute atomic E-state index is 13.5. The first-order chi connectivity index (χ1) is 15.0. The van der Waals surface area contributed by atoms with Crippen molar-refractivity contribution < 1.29 is 28.5 Å². The van der Waals surface area contributed by atoms with Crippen LogP contribution in [0.25, 0.3) is 0 Å². The minimum atomic E-state index is -0.678. The second-order valence-electron chi connectivity index (χ2n) is 8.82. The molecule has 5 rings (SSSR count). The van der Waals surface area contributed by atoms with Crippen molar-refractivity contribution in [2.45, 2.75) is 37.3 Å². The molecular weight excluding hydrogens is 400 g/mol. The first kappa shape index (κ1) is 20.2. The second kappa shape index (κ2) is 7.15. The summed E-state index contributed by atoms with van der Waals surface area (Å²) in [5, 5.41) is 3.08. The van der Waals surface area contributed by atoms with Gasteiger partial charge >= 0.3 is 5.97 Å². The van der Waals surface area contributed by atoms with Crippen LogP contribution in [0, 0.1) is 11.8 Å². The molecule has 1 amide bonds. The van der Waals surface area contributed by atoms with Crippen LogP contribution in [-0.4, -0.2) is 63.3 Å². The van der Waals surface area contributed by atoms with Crippen molar-refractivity contribution in [3.05, 3.63) is 29.5 Å². The zero-order valence-electron chi connectivity index (χ0n) is 18.3. The summed E-state index contributed by atoms with van der Waals surface area (Å²) in [6.07, 6.45) is 2.98. The van der Waals surface area contributed by atoms with E-state index in [9.17, 15) is 9.59 Å². The van der Waals surface area contributed by atoms with Gasteiger partial charge in [-0.15, -0.1) is 0 Å². The Kier molecular flexibility index (Phi) is 4.66. The van der Waals surface area contributed by atoms with Crippen molar-refractivity contribution in [2.24, 2.45) is 11.8 Å². The first-order valence-corrected chi connectivity index (χ1v) is 10.7. The number of anilines is 1. The van der Waals surface area contributed by atoms with Crippen LogP contribution in [-0.2, 0) is 24.5 Å². The highest BCUT2D eigenvalue weighted by atomic mass is 16.5. The summed E-state index contributed by atoms with van der Waals surface area (Å²) in [6.45, 7) is 3.64. The standard InChI is InChI=1S/C23H28N2O6/c1-12-14-10-25-8-7-23(18(25)9-13(14)15(11-31-12)21(26)30-4)16-5-6-17(28-2)20(29-3)19(16)24-22(23)27/h5-6,11-14,18H,7-10H2,1-4H3,(H,24,27)/t12-,13+,14-,18+,23+/m1/s1. The average Bonchev–Trinajstić information content (AvgIpc) is 3.30. The van der Waals surface area contributed by atoms with Crippen molar-refractivity contribution in [3.63, 3.8) is 0 Å². The minimum Gasteiger partial charge on any atom is -0.497 e. The topological polar surface area (TPSA) is 86.3 Å². The van der Waals surface area contributed by atoms with Gasteiger partial charge in [0.1, 0.15) is 0 Å². The number of carbonyl (C=O) groups is 2. The Bertz CT molecular complexity index is 975. The van der Waals surface area contributed by atoms with E-state index in [0.29, 0.717) is 29.2 Å². The van der Waals surface area contributed by atoms with Gasteiger partial charge < -0.3 is 24.3 Å². The highest BCUT2D eigenvalue weighted by Crippen LogP contribution is 2.56. The zero-order chi connectivity index (χ0) is 21.9. The normalized spacial score (nSPS) is 33.5. The highest BCUT2D eigenvalue weighted by molar-refractivity contribution is 6.09. The Morgan fingerprint density at radius 1 is 1.26 bits per heavy atom. The number of piperidine rings is 1. The number of hydrogen-bond donors (Lipinski definition) is 1. The van der Waals surface area contributed by atoms with Crippen LogP contribution < -0.4 is 14.8 Å². The third kappa shape index (κ3) is 2.63. The molecule has 1 N–H and O–H groups in total. The lowest BCUT2D eigenvalue weighted by Crippen LogP contribution is -2.56. The molecule has 31 heavy (non-hydrogen) atoms. The Balaban J connectivity index is 1.57. The summed E-state index contributed by atoms with van der Waals surface area (Å²) in [7, 11) is 4.56. The van der Waals surface area contributed by atoms with Gasteiger partial charge in [0.25, 0.3) is 0 Å². The van der Waals surface area contributed by atoms with Gasteiger partial charge in [-0.3, -0.25) is 9.69 Å². The fourth-order valence-electron chi connectivity index (χ4n) is 6.20. The predicted molar refractivity (Wildman–Crippen MR) is 112 cm³/mol. The lowest BCUT2D eigenvalue weighted by Gasteiger charge is -2.48. The van der Waals surface area contributed by atoms with E-state index in [1.54, 1.807) is 20.5 Å². The van der Waals surface area contributed by atoms with Crippen LogP contribution in [0.15, 0.2) is 24.0 Å². The molecule has 0 radical (unpaired) electrons. The van der Waals surface area contributed by atoms with Crippen LogP contribution in [0.4, 0.5) is 5.69 Å². The molecule has 0 aliphatic carbocycles. The van der Waals surface area contributed by atoms with Gasteiger partial charge in [0.2, 0.25) is 5.91 Å². The number of amides is 1. The van der Waals surface area contributed by atoms with E-state index in [1.165, 1.54) is 7.11 Å². The Morgan fingerprint density at radius 2 is 2.06 bits per heavy atom. The monoisotopic (exact) mass is 428 g/mol. The van der Waals surface area contributed by atoms with E-state index in [1.807, 2.05) is 19.1 Å². The Labute approximate surface area is 181 Å². The molecule has 2 fully saturated rings. The van der Waals surface area contributed by atoms with Crippen molar-refractivity contribution in [1.29, 1.82) is 0 Å². The zero-order valence-corrected chi connectivity index (χ0v) is 18.3. The van der Waals surface area contributed by atoms with E-state index in [0.717, 1.165) is 25.1 Å². The SMILES string of the molecule is COC(=O)C1=CO[C@H](C)[C@H]2CN3CC[C@@]4(C(=O)Nc5c4ccc(OC)c5OC)[C@@H]3C[C@H]12. The average molecular weight is 428 g/mol. The second-order valence-corrected chi connectivity index (χ2v) is 8.82. The van der Waals surface area contributed by atoms with Crippen LogP contribution in [0.3, 0.4) is 0 Å². The van der Waals surface area contributed by atoms with E-state index in [2.05, 4.69) is 10.2 Å². The molecule has 5 atom stereocenters. The smallest absolute Gasteiger partial charge is 0.337 e. The van der Waals surface area contributed by atoms with Crippen LogP contribution in [0.5, 0.6) is 11.5 Å². The summed E-state index contributed by atoms with van der Waals surface area (Å²) in [6, 6.07) is 3.82. The predicted octanol–water partition coefficient (Wildman–Crippen LogP) is 2.08. The molecule has 1 aromatic carbocycles. The maximum atomic E-state index is 13.5. The third-order valence-electron chi connectivity index (χ3n) is 7.75. The number of hydrogen-bond acceptors (Lipinski definition) is 7. The number of carbonyl (C=O) groups excluding carboxylic acids is 2. The fourth-order valence-corrected chi connectivity index (χ4v) is 6.20. The molecule has 0 unspecified atom stereocenters. The number of methoxy groups -OCH3 is 3. The number of esters is 1. The van der Waals surface area contributed by atoms with Gasteiger partial charge in [-0.25, -0.2) is 4.79 Å². The Hall–Kier alpha value is -2.74. The Morgan fingerprint density at radius 3 is 2.77 bits per heavy atom. The molecule has 1 spiro atoms. The molecule has 4 heterocycles. The summed E-state index contributed by atoms with van der Waals surface area (Å²) < 4.78 is 21.8. The lowest BCUT2D eigenvalue weighted by atomic mass is 9.66. The molecule has 4 aliphatic rings. The molecule has 0 saturated carbocycles. The number of fused-ring (bicyclic) bond motifs is 5. The van der Waals surface area contributed by atoms with Crippen LogP contribution >= 0.6 is 0 Å². The van der Waals surface area contributed by atoms with Crippen molar-refractivity contribution in [2.75, 3.05) is 39.7 Å². The van der Waals surface area contributed by atoms with Gasteiger partial charge in [-0.05, 0) is 37.9 Å². The molecular formula is C23H28N2O6. The van der Waals surface area contributed by atoms with Crippen LogP contribution in [0.2, 0.25) is 0 Å². The third-order valence-corrected chi connectivity index (χ3v) is 7.75. The van der Waals surface area contributed by atoms with Crippen molar-refractivity contribution in [1.82, 2.24) is 4.90 Å². The van der Waals surface area contributed by atoms with Gasteiger partial charge in [-0.2, -0.15) is 0 Å². The molecule has 8 heteroatoms. The summed E-state index contributed by atoms with van der Waals surface area (Å²) in [5.41, 5.74) is 1.53. The fraction of sp³-hybridized carbons (Fsp3) is 0.565. The van der Waals surface area contributed by atoms with Gasteiger partial charge in [0.15, 0.2) is 11.5 Å². The van der Waals surface area contributed by atoms with E-state index in [-0.39, 0.29) is 35.9 Å².